The molecule has 0 aliphatic rings. The van der Waals surface area contributed by atoms with Gasteiger partial charge in [0.2, 0.25) is 0 Å². The quantitative estimate of drug-likeness (QED) is 0.581. The second-order valence-corrected chi connectivity index (χ2v) is 4.83. The Kier molecular flexibility index (Phi) is 6.76. The van der Waals surface area contributed by atoms with E-state index in [4.69, 9.17) is 4.74 Å². The van der Waals surface area contributed by atoms with Crippen molar-refractivity contribution in [1.82, 2.24) is 0 Å². The van der Waals surface area contributed by atoms with E-state index < -0.39 is 0 Å². The molecule has 96 valence electrons. The van der Waals surface area contributed by atoms with Crippen LogP contribution in [0, 0.1) is 6.92 Å². The van der Waals surface area contributed by atoms with Gasteiger partial charge in [0, 0.05) is 0 Å². The summed E-state index contributed by atoms with van der Waals surface area (Å²) in [6, 6.07) is 6.52. The third-order valence-corrected chi connectivity index (χ3v) is 3.24. The molecule has 0 unspecified atom stereocenters. The molecule has 1 aromatic rings. The molecule has 17 heavy (non-hydrogen) atoms. The molecular formula is C16H26O. The van der Waals surface area contributed by atoms with Gasteiger partial charge in [-0.25, -0.2) is 0 Å². The van der Waals surface area contributed by atoms with Crippen LogP contribution in [0.2, 0.25) is 0 Å². The zero-order valence-electron chi connectivity index (χ0n) is 11.6. The molecule has 1 aromatic carbocycles. The van der Waals surface area contributed by atoms with Gasteiger partial charge in [0.15, 0.2) is 0 Å². The highest BCUT2D eigenvalue weighted by atomic mass is 16.5. The van der Waals surface area contributed by atoms with Gasteiger partial charge >= 0.3 is 0 Å². The number of ether oxygens (including phenoxy) is 1. The van der Waals surface area contributed by atoms with Crippen molar-refractivity contribution >= 4 is 0 Å². The summed E-state index contributed by atoms with van der Waals surface area (Å²) in [6.07, 6.45) is 9.25. The average Bonchev–Trinajstić information content (AvgIpc) is 2.35. The molecule has 0 spiro atoms. The molecule has 0 radical (unpaired) electrons. The zero-order chi connectivity index (χ0) is 12.5. The molecule has 0 bridgehead atoms. The summed E-state index contributed by atoms with van der Waals surface area (Å²) in [6.45, 7) is 4.37. The summed E-state index contributed by atoms with van der Waals surface area (Å²) >= 11 is 0. The molecule has 0 aliphatic carbocycles. The summed E-state index contributed by atoms with van der Waals surface area (Å²) in [5, 5.41) is 0. The molecule has 0 saturated carbocycles. The van der Waals surface area contributed by atoms with E-state index >= 15 is 0 Å². The van der Waals surface area contributed by atoms with Gasteiger partial charge in [0.05, 0.1) is 7.11 Å². The lowest BCUT2D eigenvalue weighted by Crippen LogP contribution is -1.93. The van der Waals surface area contributed by atoms with Crippen LogP contribution in [-0.4, -0.2) is 7.11 Å². The first-order chi connectivity index (χ1) is 8.27. The van der Waals surface area contributed by atoms with Gasteiger partial charge in [0.1, 0.15) is 5.75 Å². The molecule has 0 N–H and O–H groups in total. The molecule has 0 saturated heterocycles. The normalized spacial score (nSPS) is 10.5. The Bertz CT molecular complexity index is 317. The van der Waals surface area contributed by atoms with Crippen LogP contribution in [0.1, 0.15) is 56.6 Å². The molecule has 0 amide bonds. The zero-order valence-corrected chi connectivity index (χ0v) is 11.6. The molecule has 0 fully saturated rings. The number of rotatable bonds is 8. The third kappa shape index (κ3) is 5.25. The van der Waals surface area contributed by atoms with E-state index in [2.05, 4.69) is 32.0 Å². The first kappa shape index (κ1) is 14.1. The van der Waals surface area contributed by atoms with E-state index in [9.17, 15) is 0 Å². The van der Waals surface area contributed by atoms with Crippen LogP contribution >= 0.6 is 0 Å². The largest absolute Gasteiger partial charge is 0.496 e. The van der Waals surface area contributed by atoms with Crippen LogP contribution < -0.4 is 4.74 Å². The van der Waals surface area contributed by atoms with Crippen LogP contribution in [0.15, 0.2) is 18.2 Å². The van der Waals surface area contributed by atoms with Crippen LogP contribution in [0.4, 0.5) is 0 Å². The van der Waals surface area contributed by atoms with Gasteiger partial charge in [-0.2, -0.15) is 0 Å². The van der Waals surface area contributed by atoms with E-state index in [0.717, 1.165) is 12.2 Å². The number of benzene rings is 1. The van der Waals surface area contributed by atoms with Crippen molar-refractivity contribution in [2.45, 2.75) is 58.8 Å². The lowest BCUT2D eigenvalue weighted by Gasteiger charge is -2.09. The van der Waals surface area contributed by atoms with Crippen LogP contribution in [0.5, 0.6) is 5.75 Å². The second kappa shape index (κ2) is 8.16. The maximum atomic E-state index is 5.42. The molecular weight excluding hydrogens is 208 g/mol. The fourth-order valence-electron chi connectivity index (χ4n) is 2.15. The Morgan fingerprint density at radius 2 is 1.71 bits per heavy atom. The number of unbranched alkanes of at least 4 members (excludes halogenated alkanes) is 5. The Labute approximate surface area is 106 Å². The monoisotopic (exact) mass is 234 g/mol. The van der Waals surface area contributed by atoms with Crippen molar-refractivity contribution in [3.63, 3.8) is 0 Å². The maximum Gasteiger partial charge on any atom is 0.122 e. The van der Waals surface area contributed by atoms with Gasteiger partial charge in [-0.15, -0.1) is 0 Å². The molecule has 1 heteroatoms. The lowest BCUT2D eigenvalue weighted by molar-refractivity contribution is 0.408. The minimum Gasteiger partial charge on any atom is -0.496 e. The lowest BCUT2D eigenvalue weighted by atomic mass is 10.0. The predicted octanol–water partition coefficient (Wildman–Crippen LogP) is 4.91. The van der Waals surface area contributed by atoms with Gasteiger partial charge in [-0.05, 0) is 37.0 Å². The van der Waals surface area contributed by atoms with Gasteiger partial charge in [-0.3, -0.25) is 0 Å². The van der Waals surface area contributed by atoms with Crippen molar-refractivity contribution in [3.8, 4) is 5.75 Å². The SMILES string of the molecule is CCCCCCCCc1ccc(C)cc1OC. The highest BCUT2D eigenvalue weighted by Gasteiger charge is 2.02. The van der Waals surface area contributed by atoms with E-state index in [-0.39, 0.29) is 0 Å². The Hall–Kier alpha value is -0.980. The van der Waals surface area contributed by atoms with Gasteiger partial charge < -0.3 is 4.74 Å². The number of hydrogen-bond donors (Lipinski definition) is 0. The van der Waals surface area contributed by atoms with Crippen molar-refractivity contribution in [2.24, 2.45) is 0 Å². The minimum atomic E-state index is 1.05. The van der Waals surface area contributed by atoms with E-state index in [1.54, 1.807) is 7.11 Å². The second-order valence-electron chi connectivity index (χ2n) is 4.83. The molecule has 1 nitrogen and oxygen atoms in total. The number of methoxy groups -OCH3 is 1. The van der Waals surface area contributed by atoms with Crippen LogP contribution in [-0.2, 0) is 6.42 Å². The summed E-state index contributed by atoms with van der Waals surface area (Å²) in [5.41, 5.74) is 2.63. The highest BCUT2D eigenvalue weighted by molar-refractivity contribution is 5.37. The molecule has 0 aromatic heterocycles. The summed E-state index contributed by atoms with van der Waals surface area (Å²) in [4.78, 5) is 0. The minimum absolute atomic E-state index is 1.05. The van der Waals surface area contributed by atoms with Crippen LogP contribution in [0.3, 0.4) is 0 Å². The van der Waals surface area contributed by atoms with Crippen molar-refractivity contribution in [1.29, 1.82) is 0 Å². The summed E-state index contributed by atoms with van der Waals surface area (Å²) in [5.74, 6) is 1.05. The molecule has 0 aliphatic heterocycles. The van der Waals surface area contributed by atoms with E-state index in [1.165, 1.54) is 49.7 Å². The summed E-state index contributed by atoms with van der Waals surface area (Å²) in [7, 11) is 1.76. The smallest absolute Gasteiger partial charge is 0.122 e. The molecule has 0 heterocycles. The number of aryl methyl sites for hydroxylation is 2. The first-order valence-corrected chi connectivity index (χ1v) is 6.91. The predicted molar refractivity (Wildman–Crippen MR) is 74.8 cm³/mol. The van der Waals surface area contributed by atoms with E-state index in [0.29, 0.717) is 0 Å². The molecule has 1 rings (SSSR count). The highest BCUT2D eigenvalue weighted by Crippen LogP contribution is 2.22. The average molecular weight is 234 g/mol. The Morgan fingerprint density at radius 3 is 2.41 bits per heavy atom. The van der Waals surface area contributed by atoms with Crippen molar-refractivity contribution in [2.75, 3.05) is 7.11 Å². The topological polar surface area (TPSA) is 9.23 Å². The van der Waals surface area contributed by atoms with Crippen molar-refractivity contribution in [3.05, 3.63) is 29.3 Å². The fourth-order valence-corrected chi connectivity index (χ4v) is 2.15. The van der Waals surface area contributed by atoms with Gasteiger partial charge in [0.25, 0.3) is 0 Å². The van der Waals surface area contributed by atoms with E-state index in [1.807, 2.05) is 0 Å². The third-order valence-electron chi connectivity index (χ3n) is 3.24. The molecule has 0 atom stereocenters. The number of hydrogen-bond acceptors (Lipinski definition) is 1. The summed E-state index contributed by atoms with van der Waals surface area (Å²) < 4.78 is 5.42. The Morgan fingerprint density at radius 1 is 1.00 bits per heavy atom. The van der Waals surface area contributed by atoms with Crippen molar-refractivity contribution < 1.29 is 4.74 Å². The first-order valence-electron chi connectivity index (χ1n) is 6.91. The van der Waals surface area contributed by atoms with Gasteiger partial charge in [-0.1, -0.05) is 51.2 Å². The standard InChI is InChI=1S/C16H26O/c1-4-5-6-7-8-9-10-15-12-11-14(2)13-16(15)17-3/h11-13H,4-10H2,1-3H3. The maximum absolute atomic E-state index is 5.42. The Balaban J connectivity index is 2.31. The van der Waals surface area contributed by atoms with Crippen LogP contribution in [0.25, 0.3) is 0 Å². The fraction of sp³-hybridized carbons (Fsp3) is 0.625.